The summed E-state index contributed by atoms with van der Waals surface area (Å²) in [6.45, 7) is 2.23. The number of nitrogens with two attached hydrogens (primary N) is 1. The minimum atomic E-state index is 0.189. The summed E-state index contributed by atoms with van der Waals surface area (Å²) in [5, 5.41) is 6.32. The number of amides is 1. The standard InChI is InChI=1S/C10H19N3O/c11-3-4-12-10(14)8-5-7-1-2-9(8)13-6-7/h7-9,13H,1-6,11H2,(H,12,14). The monoisotopic (exact) mass is 197 g/mol. The van der Waals surface area contributed by atoms with Crippen LogP contribution in [0.2, 0.25) is 0 Å². The molecule has 0 spiro atoms. The molecule has 3 unspecified atom stereocenters. The Bertz CT molecular complexity index is 211. The van der Waals surface area contributed by atoms with Crippen molar-refractivity contribution in [1.82, 2.24) is 10.6 Å². The molecule has 0 radical (unpaired) electrons. The second-order valence-electron chi connectivity index (χ2n) is 4.38. The topological polar surface area (TPSA) is 67.1 Å². The Morgan fingerprint density at radius 3 is 2.86 bits per heavy atom. The van der Waals surface area contributed by atoms with Gasteiger partial charge in [-0.3, -0.25) is 4.79 Å². The van der Waals surface area contributed by atoms with E-state index in [1.807, 2.05) is 0 Å². The Morgan fingerprint density at radius 2 is 2.36 bits per heavy atom. The quantitative estimate of drug-likeness (QED) is 0.568. The van der Waals surface area contributed by atoms with Crippen LogP contribution in [0.25, 0.3) is 0 Å². The first-order valence-corrected chi connectivity index (χ1v) is 5.52. The Morgan fingerprint density at radius 1 is 1.50 bits per heavy atom. The predicted molar refractivity (Wildman–Crippen MR) is 54.7 cm³/mol. The molecule has 2 aliphatic heterocycles. The van der Waals surface area contributed by atoms with E-state index in [0.29, 0.717) is 25.0 Å². The molecule has 80 valence electrons. The third-order valence-electron chi connectivity index (χ3n) is 3.41. The molecule has 0 aromatic carbocycles. The molecule has 4 heteroatoms. The van der Waals surface area contributed by atoms with Crippen LogP contribution in [0.15, 0.2) is 0 Å². The van der Waals surface area contributed by atoms with E-state index in [0.717, 1.165) is 19.4 Å². The summed E-state index contributed by atoms with van der Waals surface area (Å²) >= 11 is 0. The van der Waals surface area contributed by atoms with Crippen LogP contribution in [0.5, 0.6) is 0 Å². The van der Waals surface area contributed by atoms with E-state index in [1.165, 1.54) is 6.42 Å². The molecule has 3 atom stereocenters. The van der Waals surface area contributed by atoms with Crippen LogP contribution >= 0.6 is 0 Å². The fourth-order valence-corrected chi connectivity index (χ4v) is 2.62. The number of hydrogen-bond acceptors (Lipinski definition) is 3. The summed E-state index contributed by atoms with van der Waals surface area (Å²) in [7, 11) is 0. The van der Waals surface area contributed by atoms with Crippen molar-refractivity contribution in [3.05, 3.63) is 0 Å². The fourth-order valence-electron chi connectivity index (χ4n) is 2.62. The highest BCUT2D eigenvalue weighted by molar-refractivity contribution is 5.79. The summed E-state index contributed by atoms with van der Waals surface area (Å²) in [6.07, 6.45) is 3.51. The Balaban J connectivity index is 1.88. The minimum Gasteiger partial charge on any atom is -0.355 e. The largest absolute Gasteiger partial charge is 0.355 e. The van der Waals surface area contributed by atoms with Crippen molar-refractivity contribution < 1.29 is 4.79 Å². The average Bonchev–Trinajstić information content (AvgIpc) is 2.27. The van der Waals surface area contributed by atoms with Gasteiger partial charge in [0.05, 0.1) is 5.92 Å². The van der Waals surface area contributed by atoms with Crippen molar-refractivity contribution in [3.63, 3.8) is 0 Å². The van der Waals surface area contributed by atoms with Crippen molar-refractivity contribution in [2.75, 3.05) is 19.6 Å². The van der Waals surface area contributed by atoms with Crippen LogP contribution in [0.3, 0.4) is 0 Å². The van der Waals surface area contributed by atoms with E-state index >= 15 is 0 Å². The first-order chi connectivity index (χ1) is 6.81. The summed E-state index contributed by atoms with van der Waals surface area (Å²) in [5.74, 6) is 1.10. The lowest BCUT2D eigenvalue weighted by Gasteiger charge is -2.42. The third kappa shape index (κ3) is 1.91. The molecule has 4 nitrogen and oxygen atoms in total. The maximum absolute atomic E-state index is 11.7. The van der Waals surface area contributed by atoms with Gasteiger partial charge in [0.1, 0.15) is 0 Å². The van der Waals surface area contributed by atoms with Crippen molar-refractivity contribution in [1.29, 1.82) is 0 Å². The van der Waals surface area contributed by atoms with Gasteiger partial charge in [-0.1, -0.05) is 0 Å². The molecule has 1 saturated carbocycles. The zero-order valence-corrected chi connectivity index (χ0v) is 8.46. The van der Waals surface area contributed by atoms with Gasteiger partial charge in [0, 0.05) is 19.1 Å². The highest BCUT2D eigenvalue weighted by atomic mass is 16.1. The van der Waals surface area contributed by atoms with E-state index < -0.39 is 0 Å². The fraction of sp³-hybridized carbons (Fsp3) is 0.900. The smallest absolute Gasteiger partial charge is 0.224 e. The maximum atomic E-state index is 11.7. The van der Waals surface area contributed by atoms with E-state index in [2.05, 4.69) is 10.6 Å². The highest BCUT2D eigenvalue weighted by Gasteiger charge is 2.38. The molecule has 2 bridgehead atoms. The van der Waals surface area contributed by atoms with Gasteiger partial charge in [0.25, 0.3) is 0 Å². The molecule has 3 aliphatic rings. The van der Waals surface area contributed by atoms with Gasteiger partial charge in [0.2, 0.25) is 5.91 Å². The highest BCUT2D eigenvalue weighted by Crippen LogP contribution is 2.33. The zero-order chi connectivity index (χ0) is 9.97. The summed E-state index contributed by atoms with van der Waals surface area (Å²) in [5.41, 5.74) is 5.35. The van der Waals surface area contributed by atoms with Gasteiger partial charge in [-0.25, -0.2) is 0 Å². The van der Waals surface area contributed by atoms with E-state index in [1.54, 1.807) is 0 Å². The van der Waals surface area contributed by atoms with Crippen molar-refractivity contribution in [3.8, 4) is 0 Å². The SMILES string of the molecule is NCCNC(=O)C1CC2CCC1NC2. The summed E-state index contributed by atoms with van der Waals surface area (Å²) in [4.78, 5) is 11.7. The van der Waals surface area contributed by atoms with Crippen LogP contribution in [0.1, 0.15) is 19.3 Å². The van der Waals surface area contributed by atoms with Crippen molar-refractivity contribution in [2.24, 2.45) is 17.6 Å². The summed E-state index contributed by atoms with van der Waals surface area (Å²) in [6, 6.07) is 0.415. The number of hydrogen-bond donors (Lipinski definition) is 3. The van der Waals surface area contributed by atoms with E-state index in [9.17, 15) is 4.79 Å². The first-order valence-electron chi connectivity index (χ1n) is 5.52. The Kier molecular flexibility index (Phi) is 3.03. The molecule has 3 fully saturated rings. The third-order valence-corrected chi connectivity index (χ3v) is 3.41. The summed E-state index contributed by atoms with van der Waals surface area (Å²) < 4.78 is 0. The van der Waals surface area contributed by atoms with Crippen LogP contribution in [-0.4, -0.2) is 31.6 Å². The Hall–Kier alpha value is -0.610. The lowest BCUT2D eigenvalue weighted by atomic mass is 9.74. The Labute approximate surface area is 84.6 Å². The predicted octanol–water partition coefficient (Wildman–Crippen LogP) is -0.551. The number of fused-ring (bicyclic) bond motifs is 3. The normalized spacial score (nSPS) is 35.6. The van der Waals surface area contributed by atoms with Gasteiger partial charge >= 0.3 is 0 Å². The van der Waals surface area contributed by atoms with Gasteiger partial charge in [-0.2, -0.15) is 0 Å². The molecule has 0 aromatic rings. The van der Waals surface area contributed by atoms with Crippen LogP contribution < -0.4 is 16.4 Å². The van der Waals surface area contributed by atoms with Crippen LogP contribution in [0, 0.1) is 11.8 Å². The molecule has 1 amide bonds. The zero-order valence-electron chi connectivity index (χ0n) is 8.46. The lowest BCUT2D eigenvalue weighted by Crippen LogP contribution is -2.55. The maximum Gasteiger partial charge on any atom is 0.224 e. The van der Waals surface area contributed by atoms with Crippen molar-refractivity contribution >= 4 is 5.91 Å². The number of rotatable bonds is 3. The number of piperidine rings is 2. The van der Waals surface area contributed by atoms with E-state index in [-0.39, 0.29) is 11.8 Å². The van der Waals surface area contributed by atoms with Gasteiger partial charge in [0.15, 0.2) is 0 Å². The molecule has 2 saturated heterocycles. The number of carbonyl (C=O) groups excluding carboxylic acids is 1. The molecule has 1 aliphatic carbocycles. The van der Waals surface area contributed by atoms with Gasteiger partial charge in [-0.15, -0.1) is 0 Å². The number of nitrogens with one attached hydrogen (secondary N) is 2. The molecule has 0 aromatic heterocycles. The van der Waals surface area contributed by atoms with E-state index in [4.69, 9.17) is 5.73 Å². The minimum absolute atomic E-state index is 0.189. The molecule has 2 heterocycles. The second-order valence-corrected chi connectivity index (χ2v) is 4.38. The van der Waals surface area contributed by atoms with Gasteiger partial charge < -0.3 is 16.4 Å². The molecular weight excluding hydrogens is 178 g/mol. The van der Waals surface area contributed by atoms with Crippen LogP contribution in [0.4, 0.5) is 0 Å². The van der Waals surface area contributed by atoms with Crippen molar-refractivity contribution in [2.45, 2.75) is 25.3 Å². The molecule has 3 rings (SSSR count). The van der Waals surface area contributed by atoms with Gasteiger partial charge in [-0.05, 0) is 31.7 Å². The second kappa shape index (κ2) is 4.28. The number of carbonyl (C=O) groups is 1. The molecule has 14 heavy (non-hydrogen) atoms. The molecular formula is C10H19N3O. The average molecular weight is 197 g/mol. The first kappa shape index (κ1) is 9.93. The molecule has 4 N–H and O–H groups in total. The van der Waals surface area contributed by atoms with Crippen LogP contribution in [-0.2, 0) is 4.79 Å². The lowest BCUT2D eigenvalue weighted by molar-refractivity contribution is -0.128.